The summed E-state index contributed by atoms with van der Waals surface area (Å²) in [5.41, 5.74) is 4.65. The van der Waals surface area contributed by atoms with Gasteiger partial charge < -0.3 is 20.3 Å². The molecule has 4 rings (SSSR count). The van der Waals surface area contributed by atoms with E-state index in [-0.39, 0.29) is 30.0 Å². The fraction of sp³-hybridized carbons (Fsp3) is 0.192. The van der Waals surface area contributed by atoms with Crippen LogP contribution in [0.15, 0.2) is 71.7 Å². The minimum atomic E-state index is -0.723. The van der Waals surface area contributed by atoms with Crippen LogP contribution in [-0.2, 0) is 17.9 Å². The Morgan fingerprint density at radius 2 is 2.08 bits per heavy atom. The van der Waals surface area contributed by atoms with E-state index >= 15 is 4.39 Å². The lowest BCUT2D eigenvalue weighted by Crippen LogP contribution is -2.26. The number of nitrogens with zero attached hydrogens (tertiary/aromatic N) is 3. The smallest absolute Gasteiger partial charge is 0.277 e. The molecule has 198 valence electrons. The predicted molar refractivity (Wildman–Crippen MR) is 147 cm³/mol. The molecule has 2 aromatic carbocycles. The standard InChI is InChI=1S/C26H25BrClFN6O3/c1-16(31-14-18-4-2-3-8-30-18)7-9-35-15-32-25-22(35)13-19(26(37)34-38-11-10-36)24(23(25)29)33-21-6-5-17(27)12-20(21)28/h2-6,8,12-13,15,31,33,36H,1,7,9-11,14H2,(H,34,37). The Morgan fingerprint density at radius 3 is 2.82 bits per heavy atom. The third kappa shape index (κ3) is 6.67. The van der Waals surface area contributed by atoms with Crippen LogP contribution in [0.25, 0.3) is 11.0 Å². The Balaban J connectivity index is 1.60. The average Bonchev–Trinajstić information content (AvgIpc) is 3.32. The highest BCUT2D eigenvalue weighted by Gasteiger charge is 2.23. The van der Waals surface area contributed by atoms with Crippen LogP contribution in [0, 0.1) is 5.82 Å². The number of amides is 1. The molecule has 0 spiro atoms. The van der Waals surface area contributed by atoms with Crippen molar-refractivity contribution in [1.29, 1.82) is 0 Å². The molecule has 0 radical (unpaired) electrons. The van der Waals surface area contributed by atoms with Gasteiger partial charge in [-0.25, -0.2) is 14.9 Å². The molecule has 2 heterocycles. The van der Waals surface area contributed by atoms with Crippen molar-refractivity contribution in [2.45, 2.75) is 19.5 Å². The number of pyridine rings is 1. The molecule has 0 saturated carbocycles. The zero-order valence-electron chi connectivity index (χ0n) is 20.2. The van der Waals surface area contributed by atoms with Crippen LogP contribution in [0.3, 0.4) is 0 Å². The molecular weight excluding hydrogens is 579 g/mol. The highest BCUT2D eigenvalue weighted by atomic mass is 79.9. The van der Waals surface area contributed by atoms with Gasteiger partial charge in [0.1, 0.15) is 5.52 Å². The summed E-state index contributed by atoms with van der Waals surface area (Å²) in [4.78, 5) is 26.5. The number of aromatic nitrogens is 3. The van der Waals surface area contributed by atoms with Crippen molar-refractivity contribution in [3.05, 3.63) is 93.8 Å². The number of halogens is 3. The van der Waals surface area contributed by atoms with Gasteiger partial charge >= 0.3 is 0 Å². The molecule has 12 heteroatoms. The SMILES string of the molecule is C=C(CCn1cnc2c(F)c(Nc3ccc(Br)cc3Cl)c(C(=O)NOCCO)cc21)NCc1ccccn1. The third-order valence-corrected chi connectivity index (χ3v) is 6.36. The van der Waals surface area contributed by atoms with Crippen LogP contribution < -0.4 is 16.1 Å². The first kappa shape index (κ1) is 27.5. The van der Waals surface area contributed by atoms with Crippen LogP contribution >= 0.6 is 27.5 Å². The molecule has 4 aromatic rings. The van der Waals surface area contributed by atoms with E-state index in [2.05, 4.69) is 48.6 Å². The molecule has 4 N–H and O–H groups in total. The Hall–Kier alpha value is -3.51. The second-order valence-electron chi connectivity index (χ2n) is 8.20. The van der Waals surface area contributed by atoms with E-state index in [1.54, 1.807) is 29.0 Å². The predicted octanol–water partition coefficient (Wildman–Crippen LogP) is 5.08. The fourth-order valence-corrected chi connectivity index (χ4v) is 4.36. The third-order valence-electron chi connectivity index (χ3n) is 5.55. The fourth-order valence-electron chi connectivity index (χ4n) is 3.64. The van der Waals surface area contributed by atoms with E-state index in [4.69, 9.17) is 21.5 Å². The summed E-state index contributed by atoms with van der Waals surface area (Å²) in [6, 6.07) is 12.2. The first-order valence-corrected chi connectivity index (χ1v) is 12.8. The molecular formula is C26H25BrClFN6O3. The van der Waals surface area contributed by atoms with E-state index in [9.17, 15) is 4.79 Å². The monoisotopic (exact) mass is 602 g/mol. The zero-order valence-corrected chi connectivity index (χ0v) is 22.5. The number of nitrogens with one attached hydrogen (secondary N) is 3. The number of benzene rings is 2. The maximum atomic E-state index is 15.8. The summed E-state index contributed by atoms with van der Waals surface area (Å²) in [5, 5.41) is 15.4. The second-order valence-corrected chi connectivity index (χ2v) is 9.52. The lowest BCUT2D eigenvalue weighted by molar-refractivity contribution is 0.0169. The van der Waals surface area contributed by atoms with E-state index in [0.29, 0.717) is 35.7 Å². The van der Waals surface area contributed by atoms with Gasteiger partial charge in [0, 0.05) is 29.3 Å². The minimum absolute atomic E-state index is 0.0271. The van der Waals surface area contributed by atoms with Gasteiger partial charge in [0.2, 0.25) is 0 Å². The Morgan fingerprint density at radius 1 is 1.24 bits per heavy atom. The molecule has 0 aliphatic heterocycles. The maximum absolute atomic E-state index is 15.8. The largest absolute Gasteiger partial charge is 0.394 e. The van der Waals surface area contributed by atoms with Gasteiger partial charge in [-0.2, -0.15) is 0 Å². The number of allylic oxidation sites excluding steroid dienone is 1. The highest BCUT2D eigenvalue weighted by Crippen LogP contribution is 2.34. The quantitative estimate of drug-likeness (QED) is 0.132. The van der Waals surface area contributed by atoms with Gasteiger partial charge in [-0.05, 0) is 36.4 Å². The van der Waals surface area contributed by atoms with Gasteiger partial charge in [-0.3, -0.25) is 14.6 Å². The summed E-state index contributed by atoms with van der Waals surface area (Å²) in [7, 11) is 0. The number of imidazole rings is 1. The summed E-state index contributed by atoms with van der Waals surface area (Å²) < 4.78 is 18.3. The van der Waals surface area contributed by atoms with E-state index in [1.807, 2.05) is 18.2 Å². The van der Waals surface area contributed by atoms with Crippen LogP contribution in [0.4, 0.5) is 15.8 Å². The number of hydrogen-bond donors (Lipinski definition) is 4. The number of fused-ring (bicyclic) bond motifs is 1. The number of carbonyl (C=O) groups is 1. The minimum Gasteiger partial charge on any atom is -0.394 e. The van der Waals surface area contributed by atoms with Crippen molar-refractivity contribution < 1.29 is 19.1 Å². The van der Waals surface area contributed by atoms with Gasteiger partial charge in [0.15, 0.2) is 5.82 Å². The lowest BCUT2D eigenvalue weighted by Gasteiger charge is -2.16. The van der Waals surface area contributed by atoms with Crippen LogP contribution in [0.2, 0.25) is 5.02 Å². The van der Waals surface area contributed by atoms with Crippen molar-refractivity contribution in [1.82, 2.24) is 25.3 Å². The van der Waals surface area contributed by atoms with Crippen molar-refractivity contribution in [2.24, 2.45) is 0 Å². The molecule has 2 aromatic heterocycles. The molecule has 1 amide bonds. The van der Waals surface area contributed by atoms with Crippen LogP contribution in [-0.4, -0.2) is 38.8 Å². The van der Waals surface area contributed by atoms with E-state index in [1.165, 1.54) is 12.4 Å². The first-order chi connectivity index (χ1) is 18.4. The summed E-state index contributed by atoms with van der Waals surface area (Å²) in [5.74, 6) is -1.43. The first-order valence-electron chi connectivity index (χ1n) is 11.6. The van der Waals surface area contributed by atoms with Gasteiger partial charge in [-0.15, -0.1) is 0 Å². The van der Waals surface area contributed by atoms with Crippen molar-refractivity contribution in [3.8, 4) is 0 Å². The lowest BCUT2D eigenvalue weighted by atomic mass is 10.1. The van der Waals surface area contributed by atoms with E-state index < -0.39 is 11.7 Å². The van der Waals surface area contributed by atoms with Gasteiger partial charge in [0.25, 0.3) is 5.91 Å². The second kappa shape index (κ2) is 12.8. The summed E-state index contributed by atoms with van der Waals surface area (Å²) in [6.07, 6.45) is 3.78. The molecule has 0 atom stereocenters. The van der Waals surface area contributed by atoms with Crippen LogP contribution in [0.1, 0.15) is 22.5 Å². The normalized spacial score (nSPS) is 10.9. The number of carbonyl (C=O) groups excluding carboxylic acids is 1. The van der Waals surface area contributed by atoms with Gasteiger partial charge in [0.05, 0.1) is 59.3 Å². The topological polar surface area (TPSA) is 113 Å². The maximum Gasteiger partial charge on any atom is 0.277 e. The zero-order chi connectivity index (χ0) is 27.1. The molecule has 38 heavy (non-hydrogen) atoms. The summed E-state index contributed by atoms with van der Waals surface area (Å²) >= 11 is 9.66. The van der Waals surface area contributed by atoms with Crippen molar-refractivity contribution in [3.63, 3.8) is 0 Å². The average molecular weight is 604 g/mol. The Labute approximate surface area is 231 Å². The molecule has 0 unspecified atom stereocenters. The number of hydroxylamine groups is 1. The van der Waals surface area contributed by atoms with Crippen LogP contribution in [0.5, 0.6) is 0 Å². The number of rotatable bonds is 12. The highest BCUT2D eigenvalue weighted by molar-refractivity contribution is 9.10. The molecule has 9 nitrogen and oxygen atoms in total. The van der Waals surface area contributed by atoms with Crippen molar-refractivity contribution >= 4 is 55.8 Å². The van der Waals surface area contributed by atoms with Crippen molar-refractivity contribution in [2.75, 3.05) is 18.5 Å². The number of anilines is 2. The number of aliphatic hydroxyl groups excluding tert-OH is 1. The molecule has 0 aliphatic rings. The number of hydrogen-bond acceptors (Lipinski definition) is 7. The Kier molecular flexibility index (Phi) is 9.29. The number of aliphatic hydroxyl groups is 1. The molecule has 0 aliphatic carbocycles. The summed E-state index contributed by atoms with van der Waals surface area (Å²) in [6.45, 7) is 4.62. The van der Waals surface area contributed by atoms with Gasteiger partial charge in [-0.1, -0.05) is 40.2 Å². The molecule has 0 saturated heterocycles. The Bertz CT molecular complexity index is 1450. The molecule has 0 fully saturated rings. The number of aryl methyl sites for hydroxylation is 1. The van der Waals surface area contributed by atoms with E-state index in [0.717, 1.165) is 15.9 Å². The molecule has 0 bridgehead atoms.